The molecule has 0 saturated heterocycles. The van der Waals surface area contributed by atoms with Gasteiger partial charge >= 0.3 is 12.1 Å². The van der Waals surface area contributed by atoms with Gasteiger partial charge in [-0.1, -0.05) is 11.8 Å². The predicted octanol–water partition coefficient (Wildman–Crippen LogP) is -0.0508. The Morgan fingerprint density at radius 1 is 1.00 bits per heavy atom. The van der Waals surface area contributed by atoms with E-state index in [1.165, 1.54) is 0 Å². The number of hydrogen-bond donors (Lipinski definition) is 0. The van der Waals surface area contributed by atoms with Crippen molar-refractivity contribution >= 4 is 12.1 Å². The van der Waals surface area contributed by atoms with E-state index in [1.807, 2.05) is 0 Å². The van der Waals surface area contributed by atoms with E-state index < -0.39 is 18.7 Å². The molecule has 0 aromatic carbocycles. The molecule has 5 nitrogen and oxygen atoms in total. The number of terminal acetylenes is 2. The summed E-state index contributed by atoms with van der Waals surface area (Å²) >= 11 is 0. The number of rotatable bonds is 4. The molecule has 0 saturated carbocycles. The van der Waals surface area contributed by atoms with Gasteiger partial charge in [-0.25, -0.2) is 9.59 Å². The summed E-state index contributed by atoms with van der Waals surface area (Å²) in [6.07, 6.45) is 8.59. The van der Waals surface area contributed by atoms with Crippen LogP contribution in [0.4, 0.5) is 4.79 Å². The molecule has 0 rings (SSSR count). The van der Waals surface area contributed by atoms with Crippen molar-refractivity contribution < 1.29 is 23.8 Å². The van der Waals surface area contributed by atoms with Crippen LogP contribution in [0.2, 0.25) is 0 Å². The predicted molar refractivity (Wildman–Crippen MR) is 45.9 cm³/mol. The second-order valence-electron chi connectivity index (χ2n) is 1.90. The Morgan fingerprint density at radius 2 is 1.57 bits per heavy atom. The zero-order chi connectivity index (χ0) is 10.8. The largest absolute Gasteiger partial charge is 0.509 e. The van der Waals surface area contributed by atoms with E-state index in [9.17, 15) is 9.59 Å². The minimum Gasteiger partial charge on any atom is -0.450 e. The van der Waals surface area contributed by atoms with Crippen LogP contribution in [-0.2, 0) is 19.0 Å². The van der Waals surface area contributed by atoms with E-state index in [2.05, 4.69) is 26.1 Å². The summed E-state index contributed by atoms with van der Waals surface area (Å²) in [5.74, 6) is 3.38. The molecule has 0 amide bonds. The van der Waals surface area contributed by atoms with Crippen LogP contribution in [0.25, 0.3) is 0 Å². The van der Waals surface area contributed by atoms with E-state index in [0.717, 1.165) is 0 Å². The second kappa shape index (κ2) is 7.51. The zero-order valence-electron chi connectivity index (χ0n) is 7.32. The van der Waals surface area contributed by atoms with Crippen molar-refractivity contribution in [2.45, 2.75) is 0 Å². The molecule has 0 aliphatic heterocycles. The van der Waals surface area contributed by atoms with Crippen molar-refractivity contribution in [3.8, 4) is 24.7 Å². The molecule has 0 aliphatic rings. The lowest BCUT2D eigenvalue weighted by molar-refractivity contribution is -0.146. The molecule has 0 radical (unpaired) electrons. The SMILES string of the molecule is C#CCOC(=O)COC(=O)OCC#C. The highest BCUT2D eigenvalue weighted by Crippen LogP contribution is 1.86. The van der Waals surface area contributed by atoms with Crippen molar-refractivity contribution in [2.24, 2.45) is 0 Å². The van der Waals surface area contributed by atoms with Gasteiger partial charge in [-0.3, -0.25) is 0 Å². The highest BCUT2D eigenvalue weighted by molar-refractivity contribution is 5.73. The highest BCUT2D eigenvalue weighted by atomic mass is 16.7. The molecule has 0 heterocycles. The summed E-state index contributed by atoms with van der Waals surface area (Å²) < 4.78 is 13.0. The average molecular weight is 196 g/mol. The minimum atomic E-state index is -1.03. The first-order chi connectivity index (χ1) is 6.70. The number of esters is 1. The number of hydrogen-bond acceptors (Lipinski definition) is 5. The Labute approximate surface area is 81.3 Å². The maximum absolute atomic E-state index is 10.7. The Bertz CT molecular complexity index is 251. The van der Waals surface area contributed by atoms with Crippen molar-refractivity contribution in [3.63, 3.8) is 0 Å². The van der Waals surface area contributed by atoms with Crippen LogP contribution in [-0.4, -0.2) is 31.9 Å². The normalized spacial score (nSPS) is 7.86. The van der Waals surface area contributed by atoms with Gasteiger partial charge in [0.1, 0.15) is 0 Å². The second-order valence-corrected chi connectivity index (χ2v) is 1.90. The smallest absolute Gasteiger partial charge is 0.450 e. The van der Waals surface area contributed by atoms with E-state index >= 15 is 0 Å². The lowest BCUT2D eigenvalue weighted by Crippen LogP contribution is -2.17. The van der Waals surface area contributed by atoms with E-state index in [-0.39, 0.29) is 13.2 Å². The molecule has 0 bridgehead atoms. The molecule has 0 fully saturated rings. The molecule has 0 unspecified atom stereocenters. The van der Waals surface area contributed by atoms with Gasteiger partial charge in [-0.2, -0.15) is 0 Å². The molecule has 0 aromatic heterocycles. The first kappa shape index (κ1) is 11.9. The topological polar surface area (TPSA) is 61.8 Å². The molecule has 0 atom stereocenters. The highest BCUT2D eigenvalue weighted by Gasteiger charge is 2.08. The first-order valence-electron chi connectivity index (χ1n) is 3.52. The van der Waals surface area contributed by atoms with Crippen LogP contribution in [0.3, 0.4) is 0 Å². The Hall–Kier alpha value is -2.14. The quantitative estimate of drug-likeness (QED) is 0.466. The van der Waals surface area contributed by atoms with Crippen molar-refractivity contribution in [1.29, 1.82) is 0 Å². The third-order valence-corrected chi connectivity index (χ3v) is 0.898. The molecule has 14 heavy (non-hydrogen) atoms. The number of carbonyl (C=O) groups excluding carboxylic acids is 2. The molecular weight excluding hydrogens is 188 g/mol. The Morgan fingerprint density at radius 3 is 2.14 bits per heavy atom. The standard InChI is InChI=1S/C9H8O5/c1-3-5-12-8(10)7-14-9(11)13-6-4-2/h1-2H,5-7H2. The molecular formula is C9H8O5. The third-order valence-electron chi connectivity index (χ3n) is 0.898. The Balaban J connectivity index is 3.53. The van der Waals surface area contributed by atoms with Crippen LogP contribution < -0.4 is 0 Å². The summed E-state index contributed by atoms with van der Waals surface area (Å²) in [6.45, 7) is -0.926. The lowest BCUT2D eigenvalue weighted by Gasteiger charge is -2.02. The lowest BCUT2D eigenvalue weighted by atomic mass is 10.7. The van der Waals surface area contributed by atoms with Crippen molar-refractivity contribution in [1.82, 2.24) is 0 Å². The maximum atomic E-state index is 10.7. The first-order valence-corrected chi connectivity index (χ1v) is 3.52. The number of ether oxygens (including phenoxy) is 3. The van der Waals surface area contributed by atoms with Gasteiger partial charge in [0.15, 0.2) is 19.8 Å². The van der Waals surface area contributed by atoms with Gasteiger partial charge in [-0.15, -0.1) is 12.8 Å². The van der Waals surface area contributed by atoms with Crippen LogP contribution in [0.5, 0.6) is 0 Å². The fraction of sp³-hybridized carbons (Fsp3) is 0.333. The molecule has 0 aliphatic carbocycles. The Kier molecular flexibility index (Phi) is 6.36. The van der Waals surface area contributed by atoms with E-state index in [1.54, 1.807) is 0 Å². The molecule has 0 N–H and O–H groups in total. The van der Waals surface area contributed by atoms with Crippen LogP contribution in [0.1, 0.15) is 0 Å². The van der Waals surface area contributed by atoms with Gasteiger partial charge in [-0.05, 0) is 0 Å². The van der Waals surface area contributed by atoms with Gasteiger partial charge in [0, 0.05) is 0 Å². The number of carbonyl (C=O) groups is 2. The van der Waals surface area contributed by atoms with E-state index in [0.29, 0.717) is 0 Å². The summed E-state index contributed by atoms with van der Waals surface area (Å²) in [7, 11) is 0. The molecule has 5 heteroatoms. The fourth-order valence-corrected chi connectivity index (χ4v) is 0.424. The third kappa shape index (κ3) is 6.56. The maximum Gasteiger partial charge on any atom is 0.509 e. The monoisotopic (exact) mass is 196 g/mol. The summed E-state index contributed by atoms with van der Waals surface area (Å²) in [4.78, 5) is 21.3. The molecule has 0 aromatic rings. The molecule has 74 valence electrons. The van der Waals surface area contributed by atoms with Crippen molar-refractivity contribution in [3.05, 3.63) is 0 Å². The molecule has 0 spiro atoms. The van der Waals surface area contributed by atoms with Gasteiger partial charge < -0.3 is 14.2 Å². The van der Waals surface area contributed by atoms with E-state index in [4.69, 9.17) is 12.8 Å². The summed E-state index contributed by atoms with van der Waals surface area (Å²) in [6, 6.07) is 0. The van der Waals surface area contributed by atoms with Crippen LogP contribution in [0.15, 0.2) is 0 Å². The van der Waals surface area contributed by atoms with Gasteiger partial charge in [0.2, 0.25) is 0 Å². The van der Waals surface area contributed by atoms with Gasteiger partial charge in [0.05, 0.1) is 0 Å². The van der Waals surface area contributed by atoms with Crippen LogP contribution in [0, 0.1) is 24.7 Å². The fourth-order valence-electron chi connectivity index (χ4n) is 0.424. The summed E-state index contributed by atoms with van der Waals surface area (Å²) in [5.41, 5.74) is 0. The average Bonchev–Trinajstić information content (AvgIpc) is 2.20. The van der Waals surface area contributed by atoms with Crippen LogP contribution >= 0.6 is 0 Å². The minimum absolute atomic E-state index is 0.165. The van der Waals surface area contributed by atoms with Crippen molar-refractivity contribution in [2.75, 3.05) is 19.8 Å². The summed E-state index contributed by atoms with van der Waals surface area (Å²) in [5, 5.41) is 0. The zero-order valence-corrected chi connectivity index (χ0v) is 7.32. The van der Waals surface area contributed by atoms with Gasteiger partial charge in [0.25, 0.3) is 0 Å².